The van der Waals surface area contributed by atoms with Crippen LogP contribution in [0.5, 0.6) is 5.75 Å². The third kappa shape index (κ3) is 5.40. The Hall–Kier alpha value is -2.29. The lowest BCUT2D eigenvalue weighted by Crippen LogP contribution is -2.50. The number of benzene rings is 2. The molecule has 9 heteroatoms. The summed E-state index contributed by atoms with van der Waals surface area (Å²) in [6, 6.07) is 11.6. The zero-order chi connectivity index (χ0) is 27.2. The van der Waals surface area contributed by atoms with Crippen LogP contribution in [0.25, 0.3) is 0 Å². The van der Waals surface area contributed by atoms with Crippen LogP contribution in [-0.2, 0) is 21.9 Å². The minimum Gasteiger partial charge on any atom is -0.490 e. The Kier molecular flexibility index (Phi) is 7.31. The van der Waals surface area contributed by atoms with Crippen molar-refractivity contribution >= 4 is 33.2 Å². The van der Waals surface area contributed by atoms with Gasteiger partial charge in [0.25, 0.3) is 5.91 Å². The number of sulfonamides is 1. The number of aryl methyl sites for hydroxylation is 1. The number of hydrogen-bond donors (Lipinski definition) is 2. The normalized spacial score (nSPS) is 30.7. The highest BCUT2D eigenvalue weighted by Crippen LogP contribution is 2.46. The quantitative estimate of drug-likeness (QED) is 0.471. The van der Waals surface area contributed by atoms with Gasteiger partial charge >= 0.3 is 0 Å². The molecule has 2 heterocycles. The van der Waals surface area contributed by atoms with Crippen molar-refractivity contribution in [2.45, 2.75) is 69.2 Å². The van der Waals surface area contributed by atoms with E-state index in [0.29, 0.717) is 30.4 Å². The van der Waals surface area contributed by atoms with Gasteiger partial charge in [0, 0.05) is 35.1 Å². The molecule has 2 bridgehead atoms. The fourth-order valence-electron chi connectivity index (χ4n) is 7.24. The predicted molar refractivity (Wildman–Crippen MR) is 154 cm³/mol. The van der Waals surface area contributed by atoms with Gasteiger partial charge in [-0.15, -0.1) is 0 Å². The molecule has 2 aromatic rings. The van der Waals surface area contributed by atoms with Crippen molar-refractivity contribution < 1.29 is 17.9 Å². The lowest BCUT2D eigenvalue weighted by atomic mass is 9.67. The second kappa shape index (κ2) is 10.6. The molecule has 0 radical (unpaired) electrons. The van der Waals surface area contributed by atoms with E-state index in [-0.39, 0.29) is 17.2 Å². The molecule has 1 fully saturated rings. The molecule has 3 N–H and O–H groups in total. The maximum atomic E-state index is 13.1. The summed E-state index contributed by atoms with van der Waals surface area (Å²) in [6.07, 6.45) is 8.44. The summed E-state index contributed by atoms with van der Waals surface area (Å²) in [5.41, 5.74) is 10.3. The van der Waals surface area contributed by atoms with Gasteiger partial charge in [-0.2, -0.15) is 0 Å². The van der Waals surface area contributed by atoms with Gasteiger partial charge in [-0.3, -0.25) is 4.79 Å². The van der Waals surface area contributed by atoms with Crippen LogP contribution in [0.2, 0.25) is 5.02 Å². The molecule has 210 valence electrons. The van der Waals surface area contributed by atoms with Gasteiger partial charge in [-0.05, 0) is 98.2 Å². The van der Waals surface area contributed by atoms with Gasteiger partial charge in [-0.1, -0.05) is 30.5 Å². The van der Waals surface area contributed by atoms with Crippen LogP contribution in [0.3, 0.4) is 0 Å². The van der Waals surface area contributed by atoms with E-state index in [2.05, 4.69) is 21.8 Å². The second-order valence-corrected chi connectivity index (χ2v) is 14.3. The number of hydrogen-bond acceptors (Lipinski definition) is 6. The molecule has 4 aliphatic rings. The molecule has 6 rings (SSSR count). The standard InChI is InChI=1S/C30H38ClN3O4S/c31-23-9-11-25-20(15-23)5-4-13-30(25)18-34-17-22-7-10-24(22)26(32)6-2-1-3-14-39(36,37)33-29(35)21-8-12-28(38-19-30)27(34)16-21/h8-9,11-12,15-16,22,24,26H,1-7,10,13-14,17-19,32H2,(H,33,35)/t22-,24-,26-,30-/m0/s1. The molecule has 2 aliphatic heterocycles. The fourth-order valence-corrected chi connectivity index (χ4v) is 8.52. The Balaban J connectivity index is 1.40. The molecule has 39 heavy (non-hydrogen) atoms. The van der Waals surface area contributed by atoms with E-state index >= 15 is 0 Å². The van der Waals surface area contributed by atoms with E-state index in [1.807, 2.05) is 18.2 Å². The van der Waals surface area contributed by atoms with E-state index in [9.17, 15) is 13.2 Å². The molecule has 4 atom stereocenters. The number of anilines is 1. The van der Waals surface area contributed by atoms with Crippen LogP contribution in [0.4, 0.5) is 5.69 Å². The molecular weight excluding hydrogens is 534 g/mol. The number of nitrogens with two attached hydrogens (primary N) is 1. The number of amides is 1. The first-order valence-electron chi connectivity index (χ1n) is 14.3. The third-order valence-corrected chi connectivity index (χ3v) is 11.0. The molecule has 1 amide bonds. The van der Waals surface area contributed by atoms with Crippen molar-refractivity contribution in [3.63, 3.8) is 0 Å². The second-order valence-electron chi connectivity index (χ2n) is 12.1. The maximum Gasteiger partial charge on any atom is 0.264 e. The molecule has 2 aromatic carbocycles. The molecule has 1 saturated carbocycles. The topological polar surface area (TPSA) is 102 Å². The van der Waals surface area contributed by atoms with Crippen molar-refractivity contribution in [3.8, 4) is 5.75 Å². The van der Waals surface area contributed by atoms with E-state index in [0.717, 1.165) is 80.9 Å². The lowest BCUT2D eigenvalue weighted by Gasteiger charge is -2.46. The lowest BCUT2D eigenvalue weighted by molar-refractivity contribution is 0.0981. The number of ether oxygens (including phenoxy) is 1. The van der Waals surface area contributed by atoms with Crippen LogP contribution in [0, 0.1) is 11.8 Å². The Bertz CT molecular complexity index is 1370. The first-order valence-corrected chi connectivity index (χ1v) is 16.4. The molecule has 0 aromatic heterocycles. The van der Waals surface area contributed by atoms with Gasteiger partial charge in [0.15, 0.2) is 0 Å². The van der Waals surface area contributed by atoms with Crippen LogP contribution in [-0.4, -0.2) is 45.8 Å². The van der Waals surface area contributed by atoms with Gasteiger partial charge < -0.3 is 15.4 Å². The summed E-state index contributed by atoms with van der Waals surface area (Å²) < 4.78 is 34.1. The molecular formula is C30H38ClN3O4S. The summed E-state index contributed by atoms with van der Waals surface area (Å²) in [7, 11) is -3.72. The number of fused-ring (bicyclic) bond motifs is 4. The summed E-state index contributed by atoms with van der Waals surface area (Å²) in [5, 5.41) is 0.755. The molecule has 7 nitrogen and oxygen atoms in total. The summed E-state index contributed by atoms with van der Waals surface area (Å²) in [4.78, 5) is 15.5. The minimum absolute atomic E-state index is 0.0633. The Morgan fingerprint density at radius 1 is 1.05 bits per heavy atom. The number of nitrogens with one attached hydrogen (secondary N) is 1. The Morgan fingerprint density at radius 3 is 2.74 bits per heavy atom. The number of carbonyl (C=O) groups is 1. The zero-order valence-electron chi connectivity index (χ0n) is 22.3. The van der Waals surface area contributed by atoms with Crippen molar-refractivity contribution in [1.29, 1.82) is 0 Å². The van der Waals surface area contributed by atoms with Crippen LogP contribution >= 0.6 is 11.6 Å². The van der Waals surface area contributed by atoms with E-state index < -0.39 is 15.9 Å². The highest BCUT2D eigenvalue weighted by atomic mass is 35.5. The van der Waals surface area contributed by atoms with E-state index in [1.54, 1.807) is 6.07 Å². The smallest absolute Gasteiger partial charge is 0.264 e. The SMILES string of the molecule is N[C@H]1CCCCCS(=O)(=O)NC(=O)c2ccc3c(c2)N(C[C@@H]2CC[C@@H]21)C[C@@]1(CCCc2cc(Cl)ccc21)CO3. The Morgan fingerprint density at radius 2 is 1.92 bits per heavy atom. The Labute approximate surface area is 236 Å². The highest BCUT2D eigenvalue weighted by molar-refractivity contribution is 7.90. The number of nitrogens with zero attached hydrogens (tertiary/aromatic N) is 1. The maximum absolute atomic E-state index is 13.1. The van der Waals surface area contributed by atoms with E-state index in [4.69, 9.17) is 22.1 Å². The van der Waals surface area contributed by atoms with Gasteiger partial charge in [0.05, 0.1) is 18.0 Å². The number of carbonyl (C=O) groups excluding carboxylic acids is 1. The summed E-state index contributed by atoms with van der Waals surface area (Å²) >= 11 is 6.38. The average Bonchev–Trinajstić information content (AvgIpc) is 3.02. The van der Waals surface area contributed by atoms with Crippen molar-refractivity contribution in [2.75, 3.05) is 30.3 Å². The van der Waals surface area contributed by atoms with Crippen LogP contribution in [0.1, 0.15) is 72.9 Å². The van der Waals surface area contributed by atoms with Gasteiger partial charge in [-0.25, -0.2) is 13.1 Å². The molecule has 0 unspecified atom stereocenters. The molecule has 0 saturated heterocycles. The van der Waals surface area contributed by atoms with Crippen LogP contribution < -0.4 is 20.1 Å². The van der Waals surface area contributed by atoms with Crippen molar-refractivity contribution in [3.05, 3.63) is 58.1 Å². The van der Waals surface area contributed by atoms with Crippen molar-refractivity contribution in [1.82, 2.24) is 4.72 Å². The predicted octanol–water partition coefficient (Wildman–Crippen LogP) is 4.80. The third-order valence-electron chi connectivity index (χ3n) is 9.48. The van der Waals surface area contributed by atoms with Gasteiger partial charge in [0.1, 0.15) is 5.75 Å². The number of halogens is 1. The van der Waals surface area contributed by atoms with E-state index in [1.165, 1.54) is 11.1 Å². The first kappa shape index (κ1) is 26.9. The zero-order valence-corrected chi connectivity index (χ0v) is 23.9. The average molecular weight is 572 g/mol. The minimum atomic E-state index is -3.72. The summed E-state index contributed by atoms with van der Waals surface area (Å²) in [5.74, 6) is 1.00. The monoisotopic (exact) mass is 571 g/mol. The first-order chi connectivity index (χ1) is 18.7. The van der Waals surface area contributed by atoms with Crippen LogP contribution in [0.15, 0.2) is 36.4 Å². The number of rotatable bonds is 0. The highest BCUT2D eigenvalue weighted by Gasteiger charge is 2.44. The largest absolute Gasteiger partial charge is 0.490 e. The van der Waals surface area contributed by atoms with Crippen molar-refractivity contribution in [2.24, 2.45) is 17.6 Å². The molecule has 2 aliphatic carbocycles. The fraction of sp³-hybridized carbons (Fsp3) is 0.567. The van der Waals surface area contributed by atoms with Gasteiger partial charge in [0.2, 0.25) is 10.0 Å². The molecule has 1 spiro atoms. The summed E-state index contributed by atoms with van der Waals surface area (Å²) in [6.45, 7) is 2.14.